The molecule has 1 heterocycles. The van der Waals surface area contributed by atoms with Crippen LogP contribution in [0.25, 0.3) is 0 Å². The Bertz CT molecular complexity index is 405. The average Bonchev–Trinajstić information content (AvgIpc) is 2.79. The van der Waals surface area contributed by atoms with Crippen LogP contribution in [0.3, 0.4) is 0 Å². The molecular formula is C11H15FN2S3. The molecule has 0 aromatic carbocycles. The first kappa shape index (κ1) is 13.4. The fourth-order valence-corrected chi connectivity index (χ4v) is 3.18. The monoisotopic (exact) mass is 290 g/mol. The van der Waals surface area contributed by atoms with E-state index < -0.39 is 0 Å². The van der Waals surface area contributed by atoms with Crippen LogP contribution in [0.5, 0.6) is 0 Å². The number of nitrogens with zero attached hydrogens (tertiary/aromatic N) is 2. The summed E-state index contributed by atoms with van der Waals surface area (Å²) in [7, 11) is 0. The van der Waals surface area contributed by atoms with Crippen LogP contribution < -0.4 is 0 Å². The third kappa shape index (κ3) is 3.03. The fourth-order valence-electron chi connectivity index (χ4n) is 2.38. The number of thioether (sulfide) groups is 1. The van der Waals surface area contributed by atoms with Crippen molar-refractivity contribution in [1.29, 1.82) is 0 Å². The van der Waals surface area contributed by atoms with Gasteiger partial charge in [0.2, 0.25) is 0 Å². The molecule has 1 unspecified atom stereocenters. The molecule has 17 heavy (non-hydrogen) atoms. The Morgan fingerprint density at radius 2 is 2.53 bits per heavy atom. The van der Waals surface area contributed by atoms with E-state index in [1.807, 2.05) is 12.5 Å². The zero-order valence-electron chi connectivity index (χ0n) is 9.69. The Morgan fingerprint density at radius 1 is 1.71 bits per heavy atom. The zero-order valence-corrected chi connectivity index (χ0v) is 12.1. The lowest BCUT2D eigenvalue weighted by Gasteiger charge is -2.22. The molecule has 0 radical (unpaired) electrons. The van der Waals surface area contributed by atoms with E-state index >= 15 is 0 Å². The van der Waals surface area contributed by atoms with Crippen molar-refractivity contribution < 1.29 is 3.89 Å². The van der Waals surface area contributed by atoms with Crippen molar-refractivity contribution in [3.05, 3.63) is 17.5 Å². The van der Waals surface area contributed by atoms with Crippen molar-refractivity contribution in [2.45, 2.75) is 38.0 Å². The summed E-state index contributed by atoms with van der Waals surface area (Å²) in [6.07, 6.45) is 9.11. The van der Waals surface area contributed by atoms with Gasteiger partial charge in [-0.1, -0.05) is 12.2 Å². The molecule has 2 nitrogen and oxygen atoms in total. The minimum atomic E-state index is 0.197. The van der Waals surface area contributed by atoms with Gasteiger partial charge in [-0.05, 0) is 49.8 Å². The molecule has 94 valence electrons. The highest BCUT2D eigenvalue weighted by molar-refractivity contribution is 8.22. The molecule has 0 spiro atoms. The molecule has 1 aromatic heterocycles. The van der Waals surface area contributed by atoms with Crippen LogP contribution in [0.4, 0.5) is 3.89 Å². The van der Waals surface area contributed by atoms with Crippen LogP contribution >= 0.6 is 36.3 Å². The van der Waals surface area contributed by atoms with Crippen molar-refractivity contribution in [3.8, 4) is 0 Å². The van der Waals surface area contributed by atoms with Gasteiger partial charge in [0.15, 0.2) is 12.3 Å². The summed E-state index contributed by atoms with van der Waals surface area (Å²) in [5.41, 5.74) is 2.29. The lowest BCUT2D eigenvalue weighted by Crippen LogP contribution is -2.11. The van der Waals surface area contributed by atoms with E-state index in [0.717, 1.165) is 35.6 Å². The topological polar surface area (TPSA) is 17.8 Å². The Labute approximate surface area is 115 Å². The van der Waals surface area contributed by atoms with Gasteiger partial charge in [-0.25, -0.2) is 0 Å². The van der Waals surface area contributed by atoms with Gasteiger partial charge in [0.25, 0.3) is 0 Å². The first-order valence-corrected chi connectivity index (χ1v) is 7.99. The van der Waals surface area contributed by atoms with Crippen LogP contribution in [-0.4, -0.2) is 19.6 Å². The Hall–Kier alpha value is -0.0700. The highest BCUT2D eigenvalue weighted by atomic mass is 32.2. The molecule has 1 aliphatic rings. The van der Waals surface area contributed by atoms with Crippen LogP contribution in [0.15, 0.2) is 6.20 Å². The molecule has 0 saturated carbocycles. The summed E-state index contributed by atoms with van der Waals surface area (Å²) < 4.78 is 15.1. The number of rotatable bonds is 4. The second-order valence-electron chi connectivity index (χ2n) is 4.19. The fraction of sp³-hybridized carbons (Fsp3) is 0.636. The highest BCUT2D eigenvalue weighted by Crippen LogP contribution is 2.36. The van der Waals surface area contributed by atoms with E-state index in [4.69, 9.17) is 12.2 Å². The van der Waals surface area contributed by atoms with E-state index in [-0.39, 0.29) is 12.3 Å². The van der Waals surface area contributed by atoms with Gasteiger partial charge < -0.3 is 0 Å². The minimum Gasteiger partial charge on any atom is -0.181 e. The molecule has 0 bridgehead atoms. The van der Waals surface area contributed by atoms with Crippen molar-refractivity contribution in [1.82, 2.24) is 9.19 Å². The van der Waals surface area contributed by atoms with Crippen molar-refractivity contribution in [2.24, 2.45) is 0 Å². The van der Waals surface area contributed by atoms with Crippen LogP contribution in [-0.2, 0) is 6.42 Å². The molecule has 1 aliphatic carbocycles. The van der Waals surface area contributed by atoms with Gasteiger partial charge in [-0.3, -0.25) is 0 Å². The maximum atomic E-state index is 12.6. The summed E-state index contributed by atoms with van der Waals surface area (Å²) in [5, 5.41) is 4.08. The summed E-state index contributed by atoms with van der Waals surface area (Å²) in [4.78, 5) is 0. The molecule has 1 aromatic rings. The number of thiocarbonyl (C=S) groups is 1. The smallest absolute Gasteiger partial charge is 0.181 e. The average molecular weight is 290 g/mol. The van der Waals surface area contributed by atoms with Gasteiger partial charge in [0.1, 0.15) is 0 Å². The largest absolute Gasteiger partial charge is 0.187 e. The standard InChI is InChI=1S/C11H15FN2S3/c1-16-11(15)6-5-8-3-2-4-10-9(8)7-13-14(10)17-12/h7-8H,2-6H2,1H3. The number of aromatic nitrogens is 2. The summed E-state index contributed by atoms with van der Waals surface area (Å²) in [5.74, 6) is 0.504. The lowest BCUT2D eigenvalue weighted by molar-refractivity contribution is 0.525. The normalized spacial score (nSPS) is 19.1. The predicted octanol–water partition coefficient (Wildman–Crippen LogP) is 4.15. The number of hydrogen-bond acceptors (Lipinski definition) is 4. The maximum Gasteiger partial charge on any atom is 0.187 e. The zero-order chi connectivity index (χ0) is 12.3. The molecule has 1 atom stereocenters. The van der Waals surface area contributed by atoms with Gasteiger partial charge >= 0.3 is 0 Å². The van der Waals surface area contributed by atoms with Gasteiger partial charge in [0, 0.05) is 4.20 Å². The summed E-state index contributed by atoms with van der Waals surface area (Å²) in [6.45, 7) is 0. The van der Waals surface area contributed by atoms with Gasteiger partial charge in [0.05, 0.1) is 11.9 Å². The third-order valence-electron chi connectivity index (χ3n) is 3.26. The quantitative estimate of drug-likeness (QED) is 0.775. The lowest BCUT2D eigenvalue weighted by atomic mass is 9.84. The molecule has 2 rings (SSSR count). The third-order valence-corrected chi connectivity index (χ3v) is 5.07. The van der Waals surface area contributed by atoms with Crippen LogP contribution in [0.2, 0.25) is 0 Å². The van der Waals surface area contributed by atoms with E-state index in [9.17, 15) is 3.89 Å². The number of fused-ring (bicyclic) bond motifs is 1. The molecule has 0 saturated heterocycles. The number of halogens is 1. The molecular weight excluding hydrogens is 275 g/mol. The molecule has 0 amide bonds. The van der Waals surface area contributed by atoms with E-state index in [2.05, 4.69) is 5.10 Å². The van der Waals surface area contributed by atoms with Gasteiger partial charge in [-0.15, -0.1) is 15.6 Å². The van der Waals surface area contributed by atoms with E-state index in [1.54, 1.807) is 11.8 Å². The molecule has 0 N–H and O–H groups in total. The SMILES string of the molecule is CSC(=S)CCC1CCCc2c1cnn2SF. The Kier molecular flexibility index (Phi) is 4.87. The summed E-state index contributed by atoms with van der Waals surface area (Å²) >= 11 is 7.08. The summed E-state index contributed by atoms with van der Waals surface area (Å²) in [6, 6.07) is 0. The minimum absolute atomic E-state index is 0.197. The van der Waals surface area contributed by atoms with E-state index in [1.165, 1.54) is 16.1 Å². The number of hydrogen-bond donors (Lipinski definition) is 0. The van der Waals surface area contributed by atoms with Gasteiger partial charge in [-0.2, -0.15) is 9.19 Å². The Morgan fingerprint density at radius 3 is 3.24 bits per heavy atom. The first-order valence-electron chi connectivity index (χ1n) is 5.69. The first-order chi connectivity index (χ1) is 8.26. The van der Waals surface area contributed by atoms with Crippen molar-refractivity contribution >= 4 is 40.5 Å². The molecule has 0 aliphatic heterocycles. The van der Waals surface area contributed by atoms with E-state index in [0.29, 0.717) is 5.92 Å². The highest BCUT2D eigenvalue weighted by Gasteiger charge is 2.24. The van der Waals surface area contributed by atoms with Crippen LogP contribution in [0, 0.1) is 0 Å². The molecule has 6 heteroatoms. The van der Waals surface area contributed by atoms with Crippen LogP contribution in [0.1, 0.15) is 42.9 Å². The van der Waals surface area contributed by atoms with Crippen molar-refractivity contribution in [2.75, 3.05) is 6.26 Å². The second-order valence-corrected chi connectivity index (χ2v) is 6.33. The maximum absolute atomic E-state index is 12.6. The predicted molar refractivity (Wildman–Crippen MR) is 77.4 cm³/mol. The van der Waals surface area contributed by atoms with Crippen molar-refractivity contribution in [3.63, 3.8) is 0 Å². The molecule has 0 fully saturated rings. The second kappa shape index (κ2) is 6.20. The Balaban J connectivity index is 2.07.